The highest BCUT2D eigenvalue weighted by Gasteiger charge is 2.16. The Bertz CT molecular complexity index is 1070. The zero-order valence-corrected chi connectivity index (χ0v) is 19.7. The lowest BCUT2D eigenvalue weighted by Crippen LogP contribution is -2.33. The van der Waals surface area contributed by atoms with Gasteiger partial charge in [0.25, 0.3) is 0 Å². The lowest BCUT2D eigenvalue weighted by atomic mass is 10.0. The molecule has 0 spiro atoms. The van der Waals surface area contributed by atoms with Crippen LogP contribution < -0.4 is 5.32 Å². The molecule has 33 heavy (non-hydrogen) atoms. The van der Waals surface area contributed by atoms with Crippen molar-refractivity contribution in [1.29, 1.82) is 0 Å². The molecule has 0 aromatic heterocycles. The lowest BCUT2D eigenvalue weighted by Gasteiger charge is -2.29. The summed E-state index contributed by atoms with van der Waals surface area (Å²) in [7, 11) is 0. The molecule has 6 heteroatoms. The van der Waals surface area contributed by atoms with E-state index in [-0.39, 0.29) is 18.4 Å². The van der Waals surface area contributed by atoms with Gasteiger partial charge >= 0.3 is 5.97 Å². The Morgan fingerprint density at radius 2 is 1.67 bits per heavy atom. The first-order valence-electron chi connectivity index (χ1n) is 11.4. The first kappa shape index (κ1) is 24.7. The van der Waals surface area contributed by atoms with Crippen LogP contribution in [0.15, 0.2) is 66.7 Å². The summed E-state index contributed by atoms with van der Waals surface area (Å²) in [6, 6.07) is 22.1. The van der Waals surface area contributed by atoms with E-state index in [4.69, 9.17) is 16.7 Å². The van der Waals surface area contributed by atoms with Gasteiger partial charge in [-0.05, 0) is 60.3 Å². The number of nitrogens with zero attached hydrogens (tertiary/aromatic N) is 1. The molecule has 0 saturated heterocycles. The number of amides is 1. The largest absolute Gasteiger partial charge is 0.481 e. The first-order chi connectivity index (χ1) is 15.9. The van der Waals surface area contributed by atoms with Crippen molar-refractivity contribution < 1.29 is 14.7 Å². The maximum atomic E-state index is 12.4. The molecule has 1 unspecified atom stereocenters. The second-order valence-electron chi connectivity index (χ2n) is 8.32. The van der Waals surface area contributed by atoms with E-state index in [2.05, 4.69) is 35.3 Å². The highest BCUT2D eigenvalue weighted by Crippen LogP contribution is 2.23. The molecule has 3 aromatic carbocycles. The molecule has 0 heterocycles. The first-order valence-corrected chi connectivity index (χ1v) is 11.8. The quantitative estimate of drug-likeness (QED) is 0.347. The van der Waals surface area contributed by atoms with Crippen molar-refractivity contribution in [3.8, 4) is 0 Å². The summed E-state index contributed by atoms with van der Waals surface area (Å²) in [6.07, 6.45) is 1.87. The van der Waals surface area contributed by atoms with Gasteiger partial charge in [0.15, 0.2) is 0 Å². The van der Waals surface area contributed by atoms with Crippen molar-refractivity contribution in [3.63, 3.8) is 0 Å². The second kappa shape index (κ2) is 12.4. The number of rotatable bonds is 12. The molecule has 174 valence electrons. The van der Waals surface area contributed by atoms with E-state index in [0.29, 0.717) is 31.0 Å². The lowest BCUT2D eigenvalue weighted by molar-refractivity contribution is -0.137. The van der Waals surface area contributed by atoms with Crippen LogP contribution in [0, 0.1) is 0 Å². The zero-order valence-electron chi connectivity index (χ0n) is 19.0. The van der Waals surface area contributed by atoms with Crippen molar-refractivity contribution in [2.24, 2.45) is 0 Å². The van der Waals surface area contributed by atoms with Crippen molar-refractivity contribution in [1.82, 2.24) is 10.2 Å². The average molecular weight is 467 g/mol. The van der Waals surface area contributed by atoms with Gasteiger partial charge in [0.2, 0.25) is 5.91 Å². The van der Waals surface area contributed by atoms with Crippen LogP contribution in [0.3, 0.4) is 0 Å². The van der Waals surface area contributed by atoms with Crippen LogP contribution >= 0.6 is 11.6 Å². The van der Waals surface area contributed by atoms with E-state index in [1.165, 1.54) is 5.39 Å². The molecule has 0 aliphatic rings. The number of aliphatic carboxylic acids is 1. The third-order valence-electron chi connectivity index (χ3n) is 5.86. The fraction of sp³-hybridized carbons (Fsp3) is 0.333. The number of carbonyl (C=O) groups is 2. The third-order valence-corrected chi connectivity index (χ3v) is 6.11. The molecule has 0 aliphatic carbocycles. The predicted octanol–water partition coefficient (Wildman–Crippen LogP) is 5.47. The molecule has 1 atom stereocenters. The van der Waals surface area contributed by atoms with E-state index in [1.807, 2.05) is 48.5 Å². The van der Waals surface area contributed by atoms with Gasteiger partial charge in [0.05, 0.1) is 6.42 Å². The maximum Gasteiger partial charge on any atom is 0.303 e. The van der Waals surface area contributed by atoms with Gasteiger partial charge in [-0.2, -0.15) is 0 Å². The average Bonchev–Trinajstić information content (AvgIpc) is 2.80. The van der Waals surface area contributed by atoms with Crippen LogP contribution in [0.4, 0.5) is 0 Å². The Hall–Kier alpha value is -2.89. The highest BCUT2D eigenvalue weighted by atomic mass is 35.5. The molecule has 0 aliphatic heterocycles. The minimum Gasteiger partial charge on any atom is -0.481 e. The monoisotopic (exact) mass is 466 g/mol. The van der Waals surface area contributed by atoms with E-state index in [0.717, 1.165) is 29.5 Å². The topological polar surface area (TPSA) is 69.6 Å². The van der Waals surface area contributed by atoms with Gasteiger partial charge in [0.1, 0.15) is 0 Å². The molecule has 0 fully saturated rings. The molecule has 1 amide bonds. The number of carboxylic acids is 1. The van der Waals surface area contributed by atoms with E-state index >= 15 is 0 Å². The number of carbonyl (C=O) groups excluding carboxylic acids is 1. The summed E-state index contributed by atoms with van der Waals surface area (Å²) in [5.74, 6) is -0.775. The van der Waals surface area contributed by atoms with Crippen molar-refractivity contribution in [2.45, 2.75) is 38.6 Å². The summed E-state index contributed by atoms with van der Waals surface area (Å²) in [5.41, 5.74) is 2.13. The summed E-state index contributed by atoms with van der Waals surface area (Å²) in [5, 5.41) is 15.0. The molecule has 2 N–H and O–H groups in total. The Kier molecular flexibility index (Phi) is 9.28. The van der Waals surface area contributed by atoms with Crippen LogP contribution in [0.5, 0.6) is 0 Å². The molecule has 0 bridgehead atoms. The van der Waals surface area contributed by atoms with Crippen LogP contribution in [0.1, 0.15) is 43.4 Å². The third kappa shape index (κ3) is 7.88. The Balaban J connectivity index is 1.49. The summed E-state index contributed by atoms with van der Waals surface area (Å²) in [6.45, 7) is 4.14. The summed E-state index contributed by atoms with van der Waals surface area (Å²) < 4.78 is 0. The molecular formula is C27H31ClN2O3. The van der Waals surface area contributed by atoms with Crippen molar-refractivity contribution >= 4 is 34.2 Å². The predicted molar refractivity (Wildman–Crippen MR) is 134 cm³/mol. The standard InChI is InChI=1S/C27H31ClN2O3/c1-20(22-11-13-25(28)14-12-22)30(16-4-8-27(32)33)17-5-15-29-26(31)19-21-9-10-23-6-2-3-7-24(23)18-21/h2-3,6-7,9-14,18,20H,4-5,8,15-17,19H2,1H3,(H,29,31)(H,32,33). The van der Waals surface area contributed by atoms with E-state index in [1.54, 1.807) is 0 Å². The molecule has 0 radical (unpaired) electrons. The minimum atomic E-state index is -0.782. The van der Waals surface area contributed by atoms with Gasteiger partial charge in [-0.1, -0.05) is 66.2 Å². The van der Waals surface area contributed by atoms with Crippen LogP contribution in [-0.4, -0.2) is 41.5 Å². The number of hydrogen-bond acceptors (Lipinski definition) is 3. The van der Waals surface area contributed by atoms with Gasteiger partial charge in [0, 0.05) is 30.6 Å². The normalized spacial score (nSPS) is 12.1. The smallest absolute Gasteiger partial charge is 0.303 e. The molecule has 0 saturated carbocycles. The Morgan fingerprint density at radius 3 is 2.39 bits per heavy atom. The van der Waals surface area contributed by atoms with Crippen LogP contribution in [0.25, 0.3) is 10.8 Å². The molecule has 5 nitrogen and oxygen atoms in total. The summed E-state index contributed by atoms with van der Waals surface area (Å²) >= 11 is 6.01. The number of hydrogen-bond donors (Lipinski definition) is 2. The Labute approximate surface area is 200 Å². The number of nitrogens with one attached hydrogen (secondary N) is 1. The van der Waals surface area contributed by atoms with E-state index < -0.39 is 5.97 Å². The van der Waals surface area contributed by atoms with Gasteiger partial charge in [-0.3, -0.25) is 14.5 Å². The number of fused-ring (bicyclic) bond motifs is 1. The minimum absolute atomic E-state index is 0.00783. The number of benzene rings is 3. The summed E-state index contributed by atoms with van der Waals surface area (Å²) in [4.78, 5) is 25.6. The fourth-order valence-electron chi connectivity index (χ4n) is 3.99. The van der Waals surface area contributed by atoms with E-state index in [9.17, 15) is 9.59 Å². The van der Waals surface area contributed by atoms with Crippen molar-refractivity contribution in [3.05, 3.63) is 82.9 Å². The second-order valence-corrected chi connectivity index (χ2v) is 8.76. The van der Waals surface area contributed by atoms with Crippen LogP contribution in [-0.2, 0) is 16.0 Å². The van der Waals surface area contributed by atoms with Gasteiger partial charge in [-0.25, -0.2) is 0 Å². The number of halogens is 1. The zero-order chi connectivity index (χ0) is 23.6. The van der Waals surface area contributed by atoms with Crippen LogP contribution in [0.2, 0.25) is 5.02 Å². The molecule has 3 rings (SSSR count). The van der Waals surface area contributed by atoms with Gasteiger partial charge in [-0.15, -0.1) is 0 Å². The number of carboxylic acid groups (broad SMARTS) is 1. The van der Waals surface area contributed by atoms with Gasteiger partial charge < -0.3 is 10.4 Å². The van der Waals surface area contributed by atoms with Crippen molar-refractivity contribution in [2.75, 3.05) is 19.6 Å². The SMILES string of the molecule is CC(c1ccc(Cl)cc1)N(CCCNC(=O)Cc1ccc2ccccc2c1)CCCC(=O)O. The maximum absolute atomic E-state index is 12.4. The fourth-order valence-corrected chi connectivity index (χ4v) is 4.12. The molecule has 3 aromatic rings. The molecular weight excluding hydrogens is 436 g/mol. The Morgan fingerprint density at radius 1 is 0.970 bits per heavy atom. The highest BCUT2D eigenvalue weighted by molar-refractivity contribution is 6.30.